The van der Waals surface area contributed by atoms with Gasteiger partial charge in [-0.15, -0.1) is 0 Å². The van der Waals surface area contributed by atoms with Gasteiger partial charge in [0.25, 0.3) is 0 Å². The van der Waals surface area contributed by atoms with Gasteiger partial charge in [-0.2, -0.15) is 0 Å². The van der Waals surface area contributed by atoms with E-state index >= 15 is 0 Å². The third-order valence-electron chi connectivity index (χ3n) is 3.53. The Morgan fingerprint density at radius 2 is 1.96 bits per heavy atom. The Morgan fingerprint density at radius 3 is 2.72 bits per heavy atom. The number of rotatable bonds is 5. The molecular formula is C17H15N3O5. The number of carbonyl (C=O) groups excluding carboxylic acids is 2. The maximum Gasteiger partial charge on any atom is 0.360 e. The number of benzene rings is 1. The molecule has 2 heterocycles. The number of fused-ring (bicyclic) bond motifs is 1. The zero-order chi connectivity index (χ0) is 17.8. The Morgan fingerprint density at radius 1 is 1.16 bits per heavy atom. The summed E-state index contributed by atoms with van der Waals surface area (Å²) in [6.45, 7) is 0.289. The summed E-state index contributed by atoms with van der Waals surface area (Å²) >= 11 is 0. The molecule has 0 saturated heterocycles. The molecule has 3 rings (SSSR count). The molecule has 0 radical (unpaired) electrons. The topological polar surface area (TPSA) is 104 Å². The zero-order valence-corrected chi connectivity index (χ0v) is 13.6. The number of hydrogen-bond donors (Lipinski definition) is 1. The summed E-state index contributed by atoms with van der Waals surface area (Å²) in [5, 5.41) is 4.68. The number of ether oxygens (including phenoxy) is 2. The van der Waals surface area contributed by atoms with Gasteiger partial charge in [-0.05, 0) is 29.7 Å². The number of esters is 2. The number of hydrogen-bond acceptors (Lipinski definition) is 8. The molecule has 0 bridgehead atoms. The van der Waals surface area contributed by atoms with Crippen LogP contribution in [-0.2, 0) is 16.0 Å². The summed E-state index contributed by atoms with van der Waals surface area (Å²) in [4.78, 5) is 31.2. The number of pyridine rings is 1. The summed E-state index contributed by atoms with van der Waals surface area (Å²) < 4.78 is 14.5. The lowest BCUT2D eigenvalue weighted by Gasteiger charge is -2.07. The second kappa shape index (κ2) is 7.00. The number of nitrogens with zero attached hydrogens (tertiary/aromatic N) is 2. The summed E-state index contributed by atoms with van der Waals surface area (Å²) in [6.07, 6.45) is 2.80. The number of carbonyl (C=O) groups is 2. The Balaban J connectivity index is 1.77. The summed E-state index contributed by atoms with van der Waals surface area (Å²) in [5.41, 5.74) is 1.18. The van der Waals surface area contributed by atoms with Crippen molar-refractivity contribution in [3.8, 4) is 0 Å². The molecule has 0 atom stereocenters. The van der Waals surface area contributed by atoms with E-state index in [-0.39, 0.29) is 17.9 Å². The van der Waals surface area contributed by atoms with Gasteiger partial charge in [-0.25, -0.2) is 19.6 Å². The van der Waals surface area contributed by atoms with Crippen LogP contribution in [0.15, 0.2) is 41.1 Å². The molecule has 0 amide bonds. The van der Waals surface area contributed by atoms with Crippen LogP contribution in [0.5, 0.6) is 0 Å². The van der Waals surface area contributed by atoms with Gasteiger partial charge in [-0.3, -0.25) is 0 Å². The molecule has 0 aliphatic rings. The van der Waals surface area contributed by atoms with E-state index in [2.05, 4.69) is 20.0 Å². The van der Waals surface area contributed by atoms with E-state index in [0.717, 1.165) is 11.1 Å². The van der Waals surface area contributed by atoms with E-state index < -0.39 is 11.9 Å². The van der Waals surface area contributed by atoms with Gasteiger partial charge < -0.3 is 19.2 Å². The first kappa shape index (κ1) is 16.4. The van der Waals surface area contributed by atoms with Crippen LogP contribution in [0.25, 0.3) is 10.8 Å². The fourth-order valence-electron chi connectivity index (χ4n) is 2.32. The van der Waals surface area contributed by atoms with E-state index in [1.165, 1.54) is 20.5 Å². The second-order valence-corrected chi connectivity index (χ2v) is 5.06. The molecule has 0 aliphatic carbocycles. The first-order valence-electron chi connectivity index (χ1n) is 7.36. The third kappa shape index (κ3) is 3.42. The minimum absolute atomic E-state index is 0.117. The van der Waals surface area contributed by atoms with Gasteiger partial charge in [0, 0.05) is 17.3 Å². The molecule has 0 aliphatic heterocycles. The SMILES string of the molecule is COC(=O)c1coc(CNc2ccc3c(C(=O)OC)nccc3c2)n1. The van der Waals surface area contributed by atoms with Crippen LogP contribution in [-0.4, -0.2) is 36.1 Å². The molecule has 0 fully saturated rings. The summed E-state index contributed by atoms with van der Waals surface area (Å²) in [6, 6.07) is 7.26. The smallest absolute Gasteiger partial charge is 0.360 e. The van der Waals surface area contributed by atoms with Crippen LogP contribution in [0.2, 0.25) is 0 Å². The molecule has 128 valence electrons. The molecule has 3 aromatic rings. The Kier molecular flexibility index (Phi) is 4.60. The normalized spacial score (nSPS) is 10.5. The maximum absolute atomic E-state index is 11.7. The fourth-order valence-corrected chi connectivity index (χ4v) is 2.32. The first-order valence-corrected chi connectivity index (χ1v) is 7.36. The Labute approximate surface area is 142 Å². The molecule has 8 nitrogen and oxygen atoms in total. The van der Waals surface area contributed by atoms with Crippen molar-refractivity contribution in [1.29, 1.82) is 0 Å². The summed E-state index contributed by atoms with van der Waals surface area (Å²) in [7, 11) is 2.60. The van der Waals surface area contributed by atoms with Crippen LogP contribution in [0.1, 0.15) is 26.9 Å². The average molecular weight is 341 g/mol. The average Bonchev–Trinajstić information content (AvgIpc) is 3.13. The molecular weight excluding hydrogens is 326 g/mol. The molecule has 0 spiro atoms. The highest BCUT2D eigenvalue weighted by molar-refractivity contribution is 6.03. The van der Waals surface area contributed by atoms with Crippen LogP contribution in [0, 0.1) is 0 Å². The van der Waals surface area contributed by atoms with Gasteiger partial charge >= 0.3 is 11.9 Å². The van der Waals surface area contributed by atoms with E-state index in [9.17, 15) is 9.59 Å². The lowest BCUT2D eigenvalue weighted by atomic mass is 10.1. The van der Waals surface area contributed by atoms with Gasteiger partial charge in [0.1, 0.15) is 6.26 Å². The Bertz CT molecular complexity index is 935. The van der Waals surface area contributed by atoms with Gasteiger partial charge in [0.05, 0.1) is 20.8 Å². The van der Waals surface area contributed by atoms with Crippen molar-refractivity contribution in [3.63, 3.8) is 0 Å². The molecule has 0 unspecified atom stereocenters. The molecule has 1 N–H and O–H groups in total. The van der Waals surface area contributed by atoms with Crippen molar-refractivity contribution < 1.29 is 23.5 Å². The number of methoxy groups -OCH3 is 2. The minimum atomic E-state index is -0.552. The highest BCUT2D eigenvalue weighted by atomic mass is 16.5. The monoisotopic (exact) mass is 341 g/mol. The molecule has 25 heavy (non-hydrogen) atoms. The van der Waals surface area contributed by atoms with E-state index in [4.69, 9.17) is 9.15 Å². The zero-order valence-electron chi connectivity index (χ0n) is 13.6. The number of aromatic nitrogens is 2. The van der Waals surface area contributed by atoms with Gasteiger partial charge in [-0.1, -0.05) is 0 Å². The van der Waals surface area contributed by atoms with Crippen LogP contribution < -0.4 is 5.32 Å². The molecule has 2 aromatic heterocycles. The number of oxazole rings is 1. The van der Waals surface area contributed by atoms with Crippen molar-refractivity contribution in [1.82, 2.24) is 9.97 Å². The van der Waals surface area contributed by atoms with Crippen molar-refractivity contribution in [2.24, 2.45) is 0 Å². The molecule has 1 aromatic carbocycles. The Hall–Kier alpha value is -3.42. The lowest BCUT2D eigenvalue weighted by Crippen LogP contribution is -2.05. The van der Waals surface area contributed by atoms with Gasteiger partial charge in [0.2, 0.25) is 5.89 Å². The number of anilines is 1. The summed E-state index contributed by atoms with van der Waals surface area (Å²) in [5.74, 6) is -0.685. The first-order chi connectivity index (χ1) is 12.1. The number of nitrogens with one attached hydrogen (secondary N) is 1. The quantitative estimate of drug-likeness (QED) is 0.706. The van der Waals surface area contributed by atoms with Gasteiger partial charge in [0.15, 0.2) is 11.4 Å². The fraction of sp³-hybridized carbons (Fsp3) is 0.176. The van der Waals surface area contributed by atoms with Crippen LogP contribution >= 0.6 is 0 Å². The second-order valence-electron chi connectivity index (χ2n) is 5.06. The van der Waals surface area contributed by atoms with Crippen molar-refractivity contribution >= 4 is 28.4 Å². The molecule has 0 saturated carbocycles. The van der Waals surface area contributed by atoms with E-state index in [0.29, 0.717) is 11.3 Å². The third-order valence-corrected chi connectivity index (χ3v) is 3.53. The predicted molar refractivity (Wildman–Crippen MR) is 88.3 cm³/mol. The van der Waals surface area contributed by atoms with E-state index in [1.807, 2.05) is 6.07 Å². The standard InChI is InChI=1S/C17H15N3O5/c1-23-16(21)13-9-25-14(20-13)8-19-11-3-4-12-10(7-11)5-6-18-15(12)17(22)24-2/h3-7,9,19H,8H2,1-2H3. The van der Waals surface area contributed by atoms with E-state index in [1.54, 1.807) is 24.4 Å². The largest absolute Gasteiger partial charge is 0.464 e. The van der Waals surface area contributed by atoms with Crippen molar-refractivity contribution in [2.45, 2.75) is 6.54 Å². The lowest BCUT2D eigenvalue weighted by molar-refractivity contribution is 0.0586. The van der Waals surface area contributed by atoms with Crippen LogP contribution in [0.4, 0.5) is 5.69 Å². The maximum atomic E-state index is 11.7. The highest BCUT2D eigenvalue weighted by Crippen LogP contribution is 2.22. The van der Waals surface area contributed by atoms with Crippen molar-refractivity contribution in [2.75, 3.05) is 19.5 Å². The van der Waals surface area contributed by atoms with Crippen LogP contribution in [0.3, 0.4) is 0 Å². The van der Waals surface area contributed by atoms with Crippen molar-refractivity contribution in [3.05, 3.63) is 54.0 Å². The minimum Gasteiger partial charge on any atom is -0.464 e. The predicted octanol–water partition coefficient (Wildman–Crippen LogP) is 2.41. The highest BCUT2D eigenvalue weighted by Gasteiger charge is 2.13. The molecule has 8 heteroatoms.